The van der Waals surface area contributed by atoms with E-state index in [-0.39, 0.29) is 11.8 Å². The minimum absolute atomic E-state index is 0.0488. The Kier molecular flexibility index (Phi) is 6.17. The first-order valence-corrected chi connectivity index (χ1v) is 8.37. The van der Waals surface area contributed by atoms with Crippen molar-refractivity contribution >= 4 is 23.3 Å². The Bertz CT molecular complexity index is 742. The second-order valence-corrected chi connectivity index (χ2v) is 6.49. The quantitative estimate of drug-likeness (QED) is 0.768. The molecular weight excluding hydrogens is 314 g/mol. The predicted molar refractivity (Wildman–Crippen MR) is 102 cm³/mol. The van der Waals surface area contributed by atoms with Gasteiger partial charge in [-0.05, 0) is 43.5 Å². The average Bonchev–Trinajstić information content (AvgIpc) is 2.55. The van der Waals surface area contributed by atoms with Crippen molar-refractivity contribution in [2.75, 3.05) is 10.6 Å². The third-order valence-electron chi connectivity index (χ3n) is 3.91. The number of carbonyl (C=O) groups excluding carboxylic acids is 2. The van der Waals surface area contributed by atoms with Crippen LogP contribution in [-0.4, -0.2) is 18.0 Å². The maximum atomic E-state index is 12.6. The van der Waals surface area contributed by atoms with Gasteiger partial charge in [-0.3, -0.25) is 4.79 Å². The van der Waals surface area contributed by atoms with Crippen LogP contribution in [0.4, 0.5) is 16.2 Å². The zero-order valence-corrected chi connectivity index (χ0v) is 15.1. The number of rotatable bonds is 5. The molecule has 0 saturated heterocycles. The fourth-order valence-electron chi connectivity index (χ4n) is 2.53. The smallest absolute Gasteiger partial charge is 0.319 e. The van der Waals surface area contributed by atoms with E-state index in [2.05, 4.69) is 16.0 Å². The Morgan fingerprint density at radius 1 is 0.920 bits per heavy atom. The van der Waals surface area contributed by atoms with Gasteiger partial charge in [-0.15, -0.1) is 0 Å². The van der Waals surface area contributed by atoms with Crippen LogP contribution in [0.1, 0.15) is 25.0 Å². The summed E-state index contributed by atoms with van der Waals surface area (Å²) >= 11 is 0. The molecule has 5 heteroatoms. The molecule has 0 radical (unpaired) electrons. The summed E-state index contributed by atoms with van der Waals surface area (Å²) in [5, 5.41) is 8.40. The number of carbonyl (C=O) groups is 2. The molecule has 5 nitrogen and oxygen atoms in total. The highest BCUT2D eigenvalue weighted by molar-refractivity contribution is 5.99. The van der Waals surface area contributed by atoms with E-state index in [0.29, 0.717) is 5.69 Å². The van der Waals surface area contributed by atoms with Crippen molar-refractivity contribution in [2.24, 2.45) is 5.92 Å². The molecule has 1 atom stereocenters. The van der Waals surface area contributed by atoms with Crippen molar-refractivity contribution in [1.82, 2.24) is 5.32 Å². The summed E-state index contributed by atoms with van der Waals surface area (Å²) < 4.78 is 0. The van der Waals surface area contributed by atoms with Gasteiger partial charge in [0.25, 0.3) is 0 Å². The van der Waals surface area contributed by atoms with Gasteiger partial charge in [0.05, 0.1) is 0 Å². The van der Waals surface area contributed by atoms with Gasteiger partial charge in [0.15, 0.2) is 0 Å². The number of hydrogen-bond acceptors (Lipinski definition) is 2. The van der Waals surface area contributed by atoms with E-state index in [1.54, 1.807) is 12.1 Å². The van der Waals surface area contributed by atoms with E-state index < -0.39 is 12.1 Å². The Morgan fingerprint density at radius 3 is 2.20 bits per heavy atom. The van der Waals surface area contributed by atoms with Crippen molar-refractivity contribution in [3.05, 3.63) is 59.7 Å². The molecule has 3 N–H and O–H groups in total. The van der Waals surface area contributed by atoms with Crippen LogP contribution in [0.3, 0.4) is 0 Å². The molecule has 132 valence electrons. The minimum Gasteiger partial charge on any atom is -0.326 e. The Labute approximate surface area is 148 Å². The van der Waals surface area contributed by atoms with E-state index in [0.717, 1.165) is 16.8 Å². The fraction of sp³-hybridized carbons (Fsp3) is 0.300. The lowest BCUT2D eigenvalue weighted by atomic mass is 10.0. The summed E-state index contributed by atoms with van der Waals surface area (Å²) in [4.78, 5) is 24.8. The lowest BCUT2D eigenvalue weighted by molar-refractivity contribution is -0.118. The van der Waals surface area contributed by atoms with E-state index in [1.807, 2.05) is 64.1 Å². The molecule has 0 aliphatic carbocycles. The maximum Gasteiger partial charge on any atom is 0.319 e. The molecule has 0 fully saturated rings. The summed E-state index contributed by atoms with van der Waals surface area (Å²) in [6.07, 6.45) is 0. The summed E-state index contributed by atoms with van der Waals surface area (Å²) in [6.45, 7) is 7.75. The first-order chi connectivity index (χ1) is 11.9. The molecule has 2 aromatic rings. The number of nitrogens with one attached hydrogen (secondary N) is 3. The minimum atomic E-state index is -0.635. The van der Waals surface area contributed by atoms with Crippen molar-refractivity contribution in [1.29, 1.82) is 0 Å². The van der Waals surface area contributed by atoms with Crippen LogP contribution in [0.2, 0.25) is 0 Å². The van der Waals surface area contributed by atoms with E-state index in [4.69, 9.17) is 0 Å². The Morgan fingerprint density at radius 2 is 1.60 bits per heavy atom. The molecule has 3 amide bonds. The number of para-hydroxylation sites is 1. The molecule has 2 aromatic carbocycles. The Hall–Kier alpha value is -2.82. The third-order valence-corrected chi connectivity index (χ3v) is 3.91. The molecular formula is C20H25N3O2. The van der Waals surface area contributed by atoms with Crippen LogP contribution in [0, 0.1) is 19.8 Å². The van der Waals surface area contributed by atoms with Crippen LogP contribution in [0.25, 0.3) is 0 Å². The highest BCUT2D eigenvalue weighted by atomic mass is 16.2. The summed E-state index contributed by atoms with van der Waals surface area (Å²) in [6, 6.07) is 13.9. The van der Waals surface area contributed by atoms with Gasteiger partial charge in [-0.2, -0.15) is 0 Å². The molecule has 2 rings (SSSR count). The van der Waals surface area contributed by atoms with Crippen LogP contribution in [0.15, 0.2) is 48.5 Å². The summed E-state index contributed by atoms with van der Waals surface area (Å²) in [7, 11) is 0. The first-order valence-electron chi connectivity index (χ1n) is 8.37. The zero-order chi connectivity index (χ0) is 18.4. The van der Waals surface area contributed by atoms with Crippen LogP contribution in [-0.2, 0) is 4.79 Å². The summed E-state index contributed by atoms with van der Waals surface area (Å²) in [5.41, 5.74) is 3.56. The van der Waals surface area contributed by atoms with Crippen molar-refractivity contribution in [3.8, 4) is 0 Å². The zero-order valence-electron chi connectivity index (χ0n) is 15.1. The number of amides is 3. The number of hydrogen-bond donors (Lipinski definition) is 3. The predicted octanol–water partition coefficient (Wildman–Crippen LogP) is 4.09. The topological polar surface area (TPSA) is 70.2 Å². The SMILES string of the molecule is Cc1ccc(NC(=O)C(NC(=O)Nc2ccccc2)C(C)C)c(C)c1. The standard InChI is InChI=1S/C20H25N3O2/c1-13(2)18(23-20(25)21-16-8-6-5-7-9-16)19(24)22-17-11-10-14(3)12-15(17)4/h5-13,18H,1-4H3,(H,22,24)(H2,21,23,25). The Balaban J connectivity index is 2.03. The van der Waals surface area contributed by atoms with Crippen molar-refractivity contribution in [3.63, 3.8) is 0 Å². The molecule has 0 heterocycles. The molecule has 0 saturated carbocycles. The largest absolute Gasteiger partial charge is 0.326 e. The van der Waals surface area contributed by atoms with Crippen LogP contribution in [0.5, 0.6) is 0 Å². The number of anilines is 2. The van der Waals surface area contributed by atoms with Gasteiger partial charge >= 0.3 is 6.03 Å². The summed E-state index contributed by atoms with van der Waals surface area (Å²) in [5.74, 6) is -0.280. The van der Waals surface area contributed by atoms with Crippen molar-refractivity contribution < 1.29 is 9.59 Å². The van der Waals surface area contributed by atoms with Gasteiger partial charge in [0.1, 0.15) is 6.04 Å². The second kappa shape index (κ2) is 8.33. The van der Waals surface area contributed by atoms with Gasteiger partial charge < -0.3 is 16.0 Å². The van der Waals surface area contributed by atoms with Crippen LogP contribution >= 0.6 is 0 Å². The van der Waals surface area contributed by atoms with E-state index in [9.17, 15) is 9.59 Å². The highest BCUT2D eigenvalue weighted by Gasteiger charge is 2.24. The molecule has 1 unspecified atom stereocenters. The number of urea groups is 1. The second-order valence-electron chi connectivity index (χ2n) is 6.49. The molecule has 0 aliphatic heterocycles. The van der Waals surface area contributed by atoms with Crippen molar-refractivity contribution in [2.45, 2.75) is 33.7 Å². The third kappa shape index (κ3) is 5.35. The van der Waals surface area contributed by atoms with Gasteiger partial charge in [-0.25, -0.2) is 4.79 Å². The molecule has 0 spiro atoms. The number of benzene rings is 2. The van der Waals surface area contributed by atoms with Crippen LogP contribution < -0.4 is 16.0 Å². The molecule has 0 aliphatic rings. The molecule has 0 aromatic heterocycles. The first kappa shape index (κ1) is 18.5. The monoisotopic (exact) mass is 339 g/mol. The lowest BCUT2D eigenvalue weighted by Crippen LogP contribution is -2.48. The van der Waals surface area contributed by atoms with Gasteiger partial charge in [0.2, 0.25) is 5.91 Å². The highest BCUT2D eigenvalue weighted by Crippen LogP contribution is 2.17. The van der Waals surface area contributed by atoms with E-state index in [1.165, 1.54) is 0 Å². The van der Waals surface area contributed by atoms with Gasteiger partial charge in [0, 0.05) is 11.4 Å². The lowest BCUT2D eigenvalue weighted by Gasteiger charge is -2.22. The molecule has 25 heavy (non-hydrogen) atoms. The average molecular weight is 339 g/mol. The van der Waals surface area contributed by atoms with Gasteiger partial charge in [-0.1, -0.05) is 49.7 Å². The fourth-order valence-corrected chi connectivity index (χ4v) is 2.53. The maximum absolute atomic E-state index is 12.6. The normalized spacial score (nSPS) is 11.7. The molecule has 0 bridgehead atoms. The van der Waals surface area contributed by atoms with E-state index >= 15 is 0 Å². The number of aryl methyl sites for hydroxylation is 2.